The number of benzene rings is 2. The fourth-order valence-corrected chi connectivity index (χ4v) is 3.75. The van der Waals surface area contributed by atoms with Crippen LogP contribution in [0.25, 0.3) is 11.9 Å². The van der Waals surface area contributed by atoms with E-state index in [1.54, 1.807) is 12.1 Å². The number of hydrogen-bond donors (Lipinski definition) is 1. The SMILES string of the molecule is Fc1cccc(C2(c3ccccc3)C=Cc3c(-n4cnnn4)n[nH]c3C2)c1. The van der Waals surface area contributed by atoms with Gasteiger partial charge < -0.3 is 0 Å². The number of halogens is 1. The lowest BCUT2D eigenvalue weighted by Crippen LogP contribution is -2.30. The summed E-state index contributed by atoms with van der Waals surface area (Å²) in [6.45, 7) is 0. The Morgan fingerprint density at radius 3 is 2.67 bits per heavy atom. The van der Waals surface area contributed by atoms with E-state index in [9.17, 15) is 4.39 Å². The van der Waals surface area contributed by atoms with Crippen molar-refractivity contribution in [2.45, 2.75) is 11.8 Å². The summed E-state index contributed by atoms with van der Waals surface area (Å²) in [5, 5.41) is 18.8. The molecule has 7 heteroatoms. The maximum absolute atomic E-state index is 14.0. The third-order valence-electron chi connectivity index (χ3n) is 5.05. The van der Waals surface area contributed by atoms with Crippen LogP contribution in [-0.2, 0) is 11.8 Å². The maximum Gasteiger partial charge on any atom is 0.185 e. The summed E-state index contributed by atoms with van der Waals surface area (Å²) in [5.74, 6) is 0.396. The highest BCUT2D eigenvalue weighted by atomic mass is 19.1. The number of nitrogens with zero attached hydrogens (tertiary/aromatic N) is 5. The molecule has 0 amide bonds. The smallest absolute Gasteiger partial charge is 0.185 e. The molecular weight excluding hydrogens is 343 g/mol. The zero-order valence-electron chi connectivity index (χ0n) is 14.2. The van der Waals surface area contributed by atoms with Gasteiger partial charge in [-0.2, -0.15) is 9.78 Å². The standard InChI is InChI=1S/C20H15FN6/c21-16-8-4-7-15(11-16)20(14-5-2-1-3-6-14)10-9-17-18(12-20)23-24-19(17)27-13-22-25-26-27/h1-11,13H,12H2,(H,23,24). The number of aromatic nitrogens is 6. The van der Waals surface area contributed by atoms with Crippen molar-refractivity contribution in [3.05, 3.63) is 95.2 Å². The highest BCUT2D eigenvalue weighted by molar-refractivity contribution is 5.67. The first kappa shape index (κ1) is 15.6. The molecule has 1 atom stereocenters. The van der Waals surface area contributed by atoms with Crippen LogP contribution >= 0.6 is 0 Å². The van der Waals surface area contributed by atoms with Crippen LogP contribution in [-0.4, -0.2) is 30.4 Å². The van der Waals surface area contributed by atoms with E-state index in [0.29, 0.717) is 12.2 Å². The van der Waals surface area contributed by atoms with Gasteiger partial charge in [-0.25, -0.2) is 4.39 Å². The van der Waals surface area contributed by atoms with Gasteiger partial charge in [-0.05, 0) is 33.7 Å². The summed E-state index contributed by atoms with van der Waals surface area (Å²) in [6.07, 6.45) is 6.26. The summed E-state index contributed by atoms with van der Waals surface area (Å²) in [6, 6.07) is 16.9. The summed E-state index contributed by atoms with van der Waals surface area (Å²) >= 11 is 0. The average molecular weight is 358 g/mol. The van der Waals surface area contributed by atoms with E-state index in [1.165, 1.54) is 17.1 Å². The molecule has 0 radical (unpaired) electrons. The molecule has 1 N–H and O–H groups in total. The molecule has 1 unspecified atom stereocenters. The zero-order valence-corrected chi connectivity index (χ0v) is 14.2. The second-order valence-electron chi connectivity index (χ2n) is 6.55. The van der Waals surface area contributed by atoms with Gasteiger partial charge in [0.25, 0.3) is 0 Å². The fourth-order valence-electron chi connectivity index (χ4n) is 3.75. The molecule has 4 aromatic rings. The minimum atomic E-state index is -0.485. The van der Waals surface area contributed by atoms with Crippen molar-refractivity contribution in [1.82, 2.24) is 30.4 Å². The van der Waals surface area contributed by atoms with E-state index in [-0.39, 0.29) is 5.82 Å². The molecule has 1 aliphatic carbocycles. The van der Waals surface area contributed by atoms with Gasteiger partial charge in [0.15, 0.2) is 5.82 Å². The van der Waals surface area contributed by atoms with Crippen LogP contribution < -0.4 is 0 Å². The van der Waals surface area contributed by atoms with Crippen molar-refractivity contribution in [3.63, 3.8) is 0 Å². The fraction of sp³-hybridized carbons (Fsp3) is 0.100. The lowest BCUT2D eigenvalue weighted by molar-refractivity contribution is 0.594. The third kappa shape index (κ3) is 2.47. The molecule has 0 spiro atoms. The number of nitrogens with one attached hydrogen (secondary N) is 1. The van der Waals surface area contributed by atoms with E-state index < -0.39 is 5.41 Å². The van der Waals surface area contributed by atoms with Gasteiger partial charge in [0.2, 0.25) is 0 Å². The van der Waals surface area contributed by atoms with E-state index in [4.69, 9.17) is 0 Å². The van der Waals surface area contributed by atoms with Crippen LogP contribution in [0.1, 0.15) is 22.4 Å². The van der Waals surface area contributed by atoms with E-state index in [1.807, 2.05) is 30.3 Å². The Kier molecular flexibility index (Phi) is 3.46. The number of hydrogen-bond acceptors (Lipinski definition) is 4. The first-order valence-corrected chi connectivity index (χ1v) is 8.58. The Bertz CT molecular complexity index is 1120. The summed E-state index contributed by atoms with van der Waals surface area (Å²) < 4.78 is 15.5. The van der Waals surface area contributed by atoms with Gasteiger partial charge in [-0.1, -0.05) is 54.6 Å². The molecule has 132 valence electrons. The Morgan fingerprint density at radius 2 is 1.89 bits per heavy atom. The molecule has 2 aromatic heterocycles. The highest BCUT2D eigenvalue weighted by Crippen LogP contribution is 2.42. The molecule has 2 aromatic carbocycles. The number of fused-ring (bicyclic) bond motifs is 1. The molecule has 27 heavy (non-hydrogen) atoms. The minimum Gasteiger partial charge on any atom is -0.280 e. The number of allylic oxidation sites excluding steroid dienone is 1. The molecule has 6 nitrogen and oxygen atoms in total. The predicted molar refractivity (Wildman–Crippen MR) is 97.7 cm³/mol. The van der Waals surface area contributed by atoms with Gasteiger partial charge in [0, 0.05) is 23.1 Å². The summed E-state index contributed by atoms with van der Waals surface area (Å²) in [4.78, 5) is 0. The van der Waals surface area contributed by atoms with Crippen molar-refractivity contribution in [2.75, 3.05) is 0 Å². The van der Waals surface area contributed by atoms with Crippen LogP contribution in [0.5, 0.6) is 0 Å². The van der Waals surface area contributed by atoms with Gasteiger partial charge >= 0.3 is 0 Å². The Labute approximate surface area is 154 Å². The molecule has 0 bridgehead atoms. The van der Waals surface area contributed by atoms with Crippen molar-refractivity contribution < 1.29 is 4.39 Å². The first-order chi connectivity index (χ1) is 13.3. The molecule has 0 saturated carbocycles. The maximum atomic E-state index is 14.0. The second kappa shape index (κ2) is 5.98. The lowest BCUT2D eigenvalue weighted by atomic mass is 9.68. The number of tetrazole rings is 1. The summed E-state index contributed by atoms with van der Waals surface area (Å²) in [7, 11) is 0. The average Bonchev–Trinajstić information content (AvgIpc) is 3.37. The Balaban J connectivity index is 1.68. The molecule has 5 rings (SSSR count). The van der Waals surface area contributed by atoms with Crippen LogP contribution in [0.4, 0.5) is 4.39 Å². The summed E-state index contributed by atoms with van der Waals surface area (Å²) in [5.41, 5.74) is 3.40. The lowest BCUT2D eigenvalue weighted by Gasteiger charge is -2.34. The molecule has 2 heterocycles. The van der Waals surface area contributed by atoms with E-state index in [2.05, 4.69) is 43.9 Å². The van der Waals surface area contributed by atoms with Gasteiger partial charge in [0.05, 0.1) is 0 Å². The highest BCUT2D eigenvalue weighted by Gasteiger charge is 2.37. The van der Waals surface area contributed by atoms with Crippen molar-refractivity contribution >= 4 is 6.08 Å². The molecule has 0 saturated heterocycles. The Hall–Kier alpha value is -3.61. The number of aromatic amines is 1. The Morgan fingerprint density at radius 1 is 1.04 bits per heavy atom. The van der Waals surface area contributed by atoms with Crippen molar-refractivity contribution in [2.24, 2.45) is 0 Å². The molecule has 1 aliphatic rings. The van der Waals surface area contributed by atoms with Gasteiger partial charge in [-0.15, -0.1) is 5.10 Å². The van der Waals surface area contributed by atoms with E-state index in [0.717, 1.165) is 22.4 Å². The van der Waals surface area contributed by atoms with Crippen LogP contribution in [0.2, 0.25) is 0 Å². The molecule has 0 fully saturated rings. The number of H-pyrrole nitrogens is 1. The molecule has 0 aliphatic heterocycles. The van der Waals surface area contributed by atoms with Crippen LogP contribution in [0.15, 0.2) is 67.0 Å². The normalized spacial score (nSPS) is 18.4. The predicted octanol–water partition coefficient (Wildman–Crippen LogP) is 3.08. The van der Waals surface area contributed by atoms with Crippen molar-refractivity contribution in [3.8, 4) is 5.82 Å². The number of rotatable bonds is 3. The van der Waals surface area contributed by atoms with Crippen molar-refractivity contribution in [1.29, 1.82) is 0 Å². The third-order valence-corrected chi connectivity index (χ3v) is 5.05. The first-order valence-electron chi connectivity index (χ1n) is 8.58. The van der Waals surface area contributed by atoms with Gasteiger partial charge in [-0.3, -0.25) is 5.10 Å². The van der Waals surface area contributed by atoms with E-state index >= 15 is 0 Å². The topological polar surface area (TPSA) is 72.3 Å². The quantitative estimate of drug-likeness (QED) is 0.611. The van der Waals surface area contributed by atoms with Gasteiger partial charge in [0.1, 0.15) is 12.1 Å². The second-order valence-corrected chi connectivity index (χ2v) is 6.55. The largest absolute Gasteiger partial charge is 0.280 e. The van der Waals surface area contributed by atoms with Crippen LogP contribution in [0.3, 0.4) is 0 Å². The minimum absolute atomic E-state index is 0.249. The monoisotopic (exact) mass is 358 g/mol. The molecular formula is C20H15FN6. The zero-order chi connectivity index (χ0) is 18.3. The van der Waals surface area contributed by atoms with Crippen LogP contribution in [0, 0.1) is 5.82 Å².